The molecule has 0 amide bonds. The topological polar surface area (TPSA) is 61.8 Å². The van der Waals surface area contributed by atoms with Crippen molar-refractivity contribution in [3.63, 3.8) is 0 Å². The van der Waals surface area contributed by atoms with Gasteiger partial charge in [-0.1, -0.05) is 27.2 Å². The fourth-order valence-corrected chi connectivity index (χ4v) is 7.83. The highest BCUT2D eigenvalue weighted by molar-refractivity contribution is 5.77. The van der Waals surface area contributed by atoms with E-state index in [9.17, 15) is 9.59 Å². The summed E-state index contributed by atoms with van der Waals surface area (Å²) >= 11 is 0. The van der Waals surface area contributed by atoms with Gasteiger partial charge in [0.25, 0.3) is 0 Å². The highest BCUT2D eigenvalue weighted by Gasteiger charge is 2.69. The van der Waals surface area contributed by atoms with Crippen LogP contribution in [-0.2, 0) is 19.0 Å². The molecular weight excluding hydrogens is 380 g/mol. The minimum absolute atomic E-state index is 0.0813. The molecule has 0 aliphatic heterocycles. The molecule has 4 aliphatic rings. The first-order chi connectivity index (χ1) is 14.1. The molecule has 4 rings (SSSR count). The van der Waals surface area contributed by atoms with Crippen LogP contribution in [0.15, 0.2) is 0 Å². The summed E-state index contributed by atoms with van der Waals surface area (Å²) in [5, 5.41) is 0. The minimum atomic E-state index is -0.947. The molecule has 1 spiro atoms. The van der Waals surface area contributed by atoms with E-state index in [0.29, 0.717) is 17.3 Å². The minimum Gasteiger partial charge on any atom is -0.456 e. The van der Waals surface area contributed by atoms with Crippen LogP contribution in [0, 0.1) is 28.6 Å². The molecule has 0 aromatic rings. The largest absolute Gasteiger partial charge is 0.509 e. The predicted molar refractivity (Wildman–Crippen MR) is 114 cm³/mol. The average Bonchev–Trinajstić information content (AvgIpc) is 3.11. The van der Waals surface area contributed by atoms with Crippen molar-refractivity contribution in [3.05, 3.63) is 0 Å². The second kappa shape index (κ2) is 7.70. The van der Waals surface area contributed by atoms with Gasteiger partial charge >= 0.3 is 12.1 Å². The van der Waals surface area contributed by atoms with Crippen molar-refractivity contribution < 1.29 is 23.8 Å². The van der Waals surface area contributed by atoms with Gasteiger partial charge in [-0.15, -0.1) is 0 Å². The van der Waals surface area contributed by atoms with Gasteiger partial charge in [0.05, 0.1) is 0 Å². The molecule has 170 valence electrons. The Kier molecular flexibility index (Phi) is 5.64. The molecule has 0 radical (unpaired) electrons. The van der Waals surface area contributed by atoms with Gasteiger partial charge in [-0.05, 0) is 94.3 Å². The summed E-state index contributed by atoms with van der Waals surface area (Å²) in [5.74, 6) is 1.36. The van der Waals surface area contributed by atoms with Crippen LogP contribution >= 0.6 is 0 Å². The van der Waals surface area contributed by atoms with Crippen LogP contribution in [0.25, 0.3) is 0 Å². The molecule has 0 N–H and O–H groups in total. The quantitative estimate of drug-likeness (QED) is 0.519. The zero-order chi connectivity index (χ0) is 21.7. The van der Waals surface area contributed by atoms with Gasteiger partial charge in [-0.2, -0.15) is 0 Å². The number of fused-ring (bicyclic) bond motifs is 1. The molecule has 4 saturated carbocycles. The van der Waals surface area contributed by atoms with E-state index in [1.54, 1.807) is 6.92 Å². The molecule has 5 heteroatoms. The fourth-order valence-electron chi connectivity index (χ4n) is 7.83. The Morgan fingerprint density at radius 2 is 1.63 bits per heavy atom. The first-order valence-electron chi connectivity index (χ1n) is 12.2. The zero-order valence-electron chi connectivity index (χ0n) is 19.5. The maximum Gasteiger partial charge on any atom is 0.509 e. The molecule has 0 aromatic heterocycles. The summed E-state index contributed by atoms with van der Waals surface area (Å²) < 4.78 is 16.8. The first-order valence-corrected chi connectivity index (χ1v) is 12.2. The lowest BCUT2D eigenvalue weighted by atomic mass is 9.64. The van der Waals surface area contributed by atoms with E-state index in [1.165, 1.54) is 19.3 Å². The predicted octanol–water partition coefficient (Wildman–Crippen LogP) is 6.04. The molecular formula is C25H40O5. The normalized spacial score (nSPS) is 41.0. The Morgan fingerprint density at radius 1 is 0.933 bits per heavy atom. The zero-order valence-corrected chi connectivity index (χ0v) is 19.5. The molecule has 0 aromatic carbocycles. The van der Waals surface area contributed by atoms with E-state index >= 15 is 0 Å². The van der Waals surface area contributed by atoms with Crippen LogP contribution in [0.5, 0.6) is 0 Å². The Bertz CT molecular complexity index is 681. The summed E-state index contributed by atoms with van der Waals surface area (Å²) in [4.78, 5) is 25.0. The van der Waals surface area contributed by atoms with Crippen LogP contribution < -0.4 is 0 Å². The fraction of sp³-hybridized carbons (Fsp3) is 0.920. The third kappa shape index (κ3) is 3.54. The van der Waals surface area contributed by atoms with Crippen molar-refractivity contribution >= 4 is 12.1 Å². The van der Waals surface area contributed by atoms with Gasteiger partial charge in [0.15, 0.2) is 6.10 Å². The number of carbonyl (C=O) groups excluding carboxylic acids is 2. The lowest BCUT2D eigenvalue weighted by molar-refractivity contribution is -0.183. The van der Waals surface area contributed by atoms with Gasteiger partial charge in [-0.3, -0.25) is 0 Å². The van der Waals surface area contributed by atoms with Crippen LogP contribution in [-0.4, -0.2) is 29.9 Å². The summed E-state index contributed by atoms with van der Waals surface area (Å²) in [5.41, 5.74) is 0.0765. The van der Waals surface area contributed by atoms with E-state index < -0.39 is 23.8 Å². The van der Waals surface area contributed by atoms with Gasteiger partial charge in [0.1, 0.15) is 11.7 Å². The SMILES string of the molecule is CC(OC(=O)OC1CCCCC1)C(=O)O[C@]1(C)CC[C@@]23C[C@@H]1C(C)(C)[C@@H]2CC[C@H]3C. The van der Waals surface area contributed by atoms with Crippen molar-refractivity contribution in [1.29, 1.82) is 0 Å². The second-order valence-electron chi connectivity index (χ2n) is 11.5. The standard InChI is InChI=1S/C25H40O5/c1-16-11-12-19-23(3,4)20-15-25(16,19)14-13-24(20,5)30-21(26)17(2)28-22(27)29-18-9-7-6-8-10-18/h16-20H,6-15H2,1-5H3/t16-,17?,19+,20-,24-,25+/m1/s1. The number of hydrogen-bond acceptors (Lipinski definition) is 5. The van der Waals surface area contributed by atoms with Gasteiger partial charge in [0, 0.05) is 5.92 Å². The number of esters is 1. The van der Waals surface area contributed by atoms with E-state index in [-0.39, 0.29) is 11.5 Å². The van der Waals surface area contributed by atoms with Gasteiger partial charge in [-0.25, -0.2) is 9.59 Å². The highest BCUT2D eigenvalue weighted by Crippen LogP contribution is 2.73. The highest BCUT2D eigenvalue weighted by atomic mass is 16.7. The molecule has 5 nitrogen and oxygen atoms in total. The molecule has 30 heavy (non-hydrogen) atoms. The molecule has 1 unspecified atom stereocenters. The number of carbonyl (C=O) groups is 2. The average molecular weight is 421 g/mol. The monoisotopic (exact) mass is 420 g/mol. The van der Waals surface area contributed by atoms with Crippen molar-refractivity contribution in [2.24, 2.45) is 28.6 Å². The van der Waals surface area contributed by atoms with Crippen molar-refractivity contribution in [3.8, 4) is 0 Å². The summed E-state index contributed by atoms with van der Waals surface area (Å²) in [7, 11) is 0. The molecule has 4 fully saturated rings. The third-order valence-corrected chi connectivity index (χ3v) is 9.52. The Labute approximate surface area is 181 Å². The second-order valence-corrected chi connectivity index (χ2v) is 11.5. The third-order valence-electron chi connectivity index (χ3n) is 9.52. The lowest BCUT2D eigenvalue weighted by Crippen LogP contribution is -2.49. The van der Waals surface area contributed by atoms with Gasteiger partial charge in [0.2, 0.25) is 0 Å². The number of ether oxygens (including phenoxy) is 3. The lowest BCUT2D eigenvalue weighted by Gasteiger charge is -2.46. The maximum absolute atomic E-state index is 12.9. The molecule has 0 heterocycles. The molecule has 6 atom stereocenters. The first kappa shape index (κ1) is 22.0. The molecule has 4 aliphatic carbocycles. The van der Waals surface area contributed by atoms with E-state index in [2.05, 4.69) is 27.7 Å². The Hall–Kier alpha value is -1.26. The molecule has 2 bridgehead atoms. The summed E-state index contributed by atoms with van der Waals surface area (Å²) in [6.45, 7) is 10.9. The number of hydrogen-bond donors (Lipinski definition) is 0. The van der Waals surface area contributed by atoms with E-state index in [1.807, 2.05) is 0 Å². The van der Waals surface area contributed by atoms with Crippen molar-refractivity contribution in [1.82, 2.24) is 0 Å². The number of rotatable bonds is 4. The van der Waals surface area contributed by atoms with Crippen LogP contribution in [0.2, 0.25) is 0 Å². The maximum atomic E-state index is 12.9. The molecule has 0 saturated heterocycles. The van der Waals surface area contributed by atoms with Crippen LogP contribution in [0.1, 0.15) is 98.8 Å². The summed E-state index contributed by atoms with van der Waals surface area (Å²) in [6.07, 6.45) is 9.11. The van der Waals surface area contributed by atoms with Crippen LogP contribution in [0.4, 0.5) is 4.79 Å². The van der Waals surface area contributed by atoms with Gasteiger partial charge < -0.3 is 14.2 Å². The van der Waals surface area contributed by atoms with E-state index in [0.717, 1.165) is 50.9 Å². The van der Waals surface area contributed by atoms with Crippen molar-refractivity contribution in [2.45, 2.75) is 117 Å². The van der Waals surface area contributed by atoms with Crippen LogP contribution in [0.3, 0.4) is 0 Å². The Morgan fingerprint density at radius 3 is 2.33 bits per heavy atom. The van der Waals surface area contributed by atoms with Crippen molar-refractivity contribution in [2.75, 3.05) is 0 Å². The smallest absolute Gasteiger partial charge is 0.456 e. The summed E-state index contributed by atoms with van der Waals surface area (Å²) in [6, 6.07) is 0. The Balaban J connectivity index is 1.37. The van der Waals surface area contributed by atoms with E-state index in [4.69, 9.17) is 14.2 Å².